The minimum absolute atomic E-state index is 0.0501. The van der Waals surface area contributed by atoms with Crippen LogP contribution in [0.15, 0.2) is 34.8 Å². The molecule has 1 aromatic carbocycles. The molecule has 6 heteroatoms. The van der Waals surface area contributed by atoms with E-state index in [2.05, 4.69) is 15.9 Å². The molecule has 1 aromatic rings. The van der Waals surface area contributed by atoms with Gasteiger partial charge in [0, 0.05) is 17.3 Å². The molecular weight excluding hydrogens is 373 g/mol. The minimum Gasteiger partial charge on any atom is -0.357 e. The fourth-order valence-electron chi connectivity index (χ4n) is 2.68. The smallest absolute Gasteiger partial charge is 0.357 e. The van der Waals surface area contributed by atoms with Crippen molar-refractivity contribution < 1.29 is 22.7 Å². The second-order valence-corrected chi connectivity index (χ2v) is 6.54. The van der Waals surface area contributed by atoms with E-state index in [0.717, 1.165) is 6.08 Å². The van der Waals surface area contributed by atoms with Gasteiger partial charge in [0.1, 0.15) is 5.78 Å². The predicted molar refractivity (Wildman–Crippen MR) is 86.0 cm³/mol. The summed E-state index contributed by atoms with van der Waals surface area (Å²) < 4.78 is 47.0. The standard InChI is InChI=1S/C17H18BrF3O2/c1-2-5-14-10-13(22)11-16(23-14,17(19,20)21)9-8-12-6-3-4-7-15(12)18/h3-4,6-9,14H,2,5,10-11H2,1H3/b9-8+/t14-,16?/m1/s1. The summed E-state index contributed by atoms with van der Waals surface area (Å²) in [5.41, 5.74) is -1.94. The first-order chi connectivity index (χ1) is 10.8. The van der Waals surface area contributed by atoms with Gasteiger partial charge in [-0.05, 0) is 24.1 Å². The average molecular weight is 391 g/mol. The van der Waals surface area contributed by atoms with Crippen LogP contribution in [-0.2, 0) is 9.53 Å². The molecule has 0 aliphatic carbocycles. The SMILES string of the molecule is CCC[C@@H]1CC(=O)CC(/C=C/c2ccccc2Br)(C(F)(F)F)O1. The summed E-state index contributed by atoms with van der Waals surface area (Å²) in [5, 5.41) is 0. The molecule has 0 N–H and O–H groups in total. The van der Waals surface area contributed by atoms with Crippen molar-refractivity contribution in [2.45, 2.75) is 50.5 Å². The Kier molecular flexibility index (Phi) is 5.68. The molecule has 23 heavy (non-hydrogen) atoms. The molecule has 0 radical (unpaired) electrons. The van der Waals surface area contributed by atoms with Crippen LogP contribution in [-0.4, -0.2) is 23.7 Å². The Balaban J connectivity index is 2.36. The maximum atomic E-state index is 13.6. The lowest BCUT2D eigenvalue weighted by Gasteiger charge is -2.39. The molecule has 1 aliphatic rings. The van der Waals surface area contributed by atoms with E-state index in [0.29, 0.717) is 22.9 Å². The van der Waals surface area contributed by atoms with Gasteiger partial charge < -0.3 is 4.74 Å². The number of carbonyl (C=O) groups is 1. The summed E-state index contributed by atoms with van der Waals surface area (Å²) in [4.78, 5) is 11.9. The van der Waals surface area contributed by atoms with Crippen LogP contribution in [0, 0.1) is 0 Å². The van der Waals surface area contributed by atoms with Gasteiger partial charge in [0.05, 0.1) is 6.10 Å². The summed E-state index contributed by atoms with van der Waals surface area (Å²) in [7, 11) is 0. The van der Waals surface area contributed by atoms with Crippen molar-refractivity contribution in [3.63, 3.8) is 0 Å². The maximum absolute atomic E-state index is 13.6. The zero-order chi connectivity index (χ0) is 17.1. The molecule has 1 saturated heterocycles. The zero-order valence-corrected chi connectivity index (χ0v) is 14.3. The van der Waals surface area contributed by atoms with Crippen LogP contribution in [0.2, 0.25) is 0 Å². The largest absolute Gasteiger partial charge is 0.421 e. The predicted octanol–water partition coefficient (Wildman–Crippen LogP) is 5.31. The highest BCUT2D eigenvalue weighted by Crippen LogP contribution is 2.43. The molecule has 0 bridgehead atoms. The van der Waals surface area contributed by atoms with E-state index in [4.69, 9.17) is 4.74 Å². The topological polar surface area (TPSA) is 26.3 Å². The fraction of sp³-hybridized carbons (Fsp3) is 0.471. The Labute approximate surface area is 141 Å². The van der Waals surface area contributed by atoms with Crippen LogP contribution < -0.4 is 0 Å². The fourth-order valence-corrected chi connectivity index (χ4v) is 3.09. The molecule has 1 aliphatic heterocycles. The van der Waals surface area contributed by atoms with Gasteiger partial charge in [-0.2, -0.15) is 13.2 Å². The van der Waals surface area contributed by atoms with Crippen LogP contribution in [0.4, 0.5) is 13.2 Å². The van der Waals surface area contributed by atoms with Gasteiger partial charge in [0.2, 0.25) is 0 Å². The Hall–Kier alpha value is -1.14. The number of hydrogen-bond acceptors (Lipinski definition) is 2. The van der Waals surface area contributed by atoms with Crippen molar-refractivity contribution in [3.05, 3.63) is 40.4 Å². The first-order valence-electron chi connectivity index (χ1n) is 7.47. The van der Waals surface area contributed by atoms with E-state index in [1.54, 1.807) is 24.3 Å². The van der Waals surface area contributed by atoms with Crippen molar-refractivity contribution >= 4 is 27.8 Å². The van der Waals surface area contributed by atoms with Crippen LogP contribution >= 0.6 is 15.9 Å². The lowest BCUT2D eigenvalue weighted by atomic mass is 9.88. The second kappa shape index (κ2) is 7.18. The average Bonchev–Trinajstić information content (AvgIpc) is 2.45. The van der Waals surface area contributed by atoms with E-state index in [1.807, 2.05) is 6.92 Å². The van der Waals surface area contributed by atoms with E-state index in [1.165, 1.54) is 6.08 Å². The molecule has 2 rings (SSSR count). The minimum atomic E-state index is -4.65. The molecule has 2 atom stereocenters. The number of hydrogen-bond donors (Lipinski definition) is 0. The second-order valence-electron chi connectivity index (χ2n) is 5.69. The van der Waals surface area contributed by atoms with Crippen LogP contribution in [0.3, 0.4) is 0 Å². The number of benzene rings is 1. The Morgan fingerprint density at radius 2 is 2.09 bits per heavy atom. The highest BCUT2D eigenvalue weighted by Gasteiger charge is 2.58. The third-order valence-corrected chi connectivity index (χ3v) is 4.54. The third kappa shape index (κ3) is 4.23. The van der Waals surface area contributed by atoms with Crippen LogP contribution in [0.1, 0.15) is 38.2 Å². The van der Waals surface area contributed by atoms with Crippen molar-refractivity contribution in [2.75, 3.05) is 0 Å². The Morgan fingerprint density at radius 3 is 2.70 bits per heavy atom. The molecule has 0 spiro atoms. The maximum Gasteiger partial charge on any atom is 0.421 e. The molecular formula is C17H18BrF3O2. The number of ketones is 1. The van der Waals surface area contributed by atoms with Gasteiger partial charge in [-0.15, -0.1) is 0 Å². The van der Waals surface area contributed by atoms with Gasteiger partial charge in [-0.3, -0.25) is 4.79 Å². The Bertz CT molecular complexity index is 598. The van der Waals surface area contributed by atoms with Crippen molar-refractivity contribution in [2.24, 2.45) is 0 Å². The molecule has 0 saturated carbocycles. The zero-order valence-electron chi connectivity index (χ0n) is 12.7. The van der Waals surface area contributed by atoms with Gasteiger partial charge >= 0.3 is 6.18 Å². The highest BCUT2D eigenvalue weighted by atomic mass is 79.9. The van der Waals surface area contributed by atoms with E-state index >= 15 is 0 Å². The number of Topliss-reactive ketones (excluding diaryl/α,β-unsaturated/α-hetero) is 1. The lowest BCUT2D eigenvalue weighted by Crippen LogP contribution is -2.53. The summed E-state index contributed by atoms with van der Waals surface area (Å²) in [5.74, 6) is -0.413. The molecule has 126 valence electrons. The van der Waals surface area contributed by atoms with Crippen LogP contribution in [0.5, 0.6) is 0 Å². The molecule has 1 fully saturated rings. The normalized spacial score (nSPS) is 26.0. The first-order valence-corrected chi connectivity index (χ1v) is 8.27. The molecule has 2 nitrogen and oxygen atoms in total. The number of alkyl halides is 3. The lowest BCUT2D eigenvalue weighted by molar-refractivity contribution is -0.278. The van der Waals surface area contributed by atoms with Gasteiger partial charge in [-0.25, -0.2) is 0 Å². The van der Waals surface area contributed by atoms with E-state index in [9.17, 15) is 18.0 Å². The molecule has 1 heterocycles. The number of halogens is 4. The number of carbonyl (C=O) groups excluding carboxylic acids is 1. The van der Waals surface area contributed by atoms with Gasteiger partial charge in [0.25, 0.3) is 0 Å². The van der Waals surface area contributed by atoms with Crippen LogP contribution in [0.25, 0.3) is 6.08 Å². The molecule has 0 amide bonds. The third-order valence-electron chi connectivity index (χ3n) is 3.82. The number of ether oxygens (including phenoxy) is 1. The monoisotopic (exact) mass is 390 g/mol. The quantitative estimate of drug-likeness (QED) is 0.695. The highest BCUT2D eigenvalue weighted by molar-refractivity contribution is 9.10. The van der Waals surface area contributed by atoms with Gasteiger partial charge in [0.15, 0.2) is 5.60 Å². The number of rotatable bonds is 4. The molecule has 0 aromatic heterocycles. The van der Waals surface area contributed by atoms with Crippen molar-refractivity contribution in [1.82, 2.24) is 0 Å². The van der Waals surface area contributed by atoms with Gasteiger partial charge in [-0.1, -0.05) is 53.5 Å². The van der Waals surface area contributed by atoms with Crippen molar-refractivity contribution in [1.29, 1.82) is 0 Å². The first kappa shape index (κ1) is 18.2. The van der Waals surface area contributed by atoms with Crippen molar-refractivity contribution in [3.8, 4) is 0 Å². The van der Waals surface area contributed by atoms with E-state index < -0.39 is 30.1 Å². The molecule has 1 unspecified atom stereocenters. The summed E-state index contributed by atoms with van der Waals surface area (Å²) >= 11 is 3.30. The Morgan fingerprint density at radius 1 is 1.39 bits per heavy atom. The summed E-state index contributed by atoms with van der Waals surface area (Å²) in [6.45, 7) is 1.86. The summed E-state index contributed by atoms with van der Waals surface area (Å²) in [6.07, 6.45) is -2.51. The summed E-state index contributed by atoms with van der Waals surface area (Å²) in [6, 6.07) is 6.95. The van der Waals surface area contributed by atoms with E-state index in [-0.39, 0.29) is 6.42 Å².